The molecule has 0 aliphatic heterocycles. The molecule has 1 aromatic heterocycles. The molecule has 96 valence electrons. The lowest BCUT2D eigenvalue weighted by atomic mass is 10.3. The molecule has 0 saturated carbocycles. The number of rotatable bonds is 5. The Bertz CT molecular complexity index is 527. The number of aromatic nitrogens is 3. The van der Waals surface area contributed by atoms with Crippen LogP contribution in [-0.4, -0.2) is 21.5 Å². The first kappa shape index (κ1) is 13.5. The Hall–Kier alpha value is -0.910. The molecule has 0 saturated heterocycles. The number of nitrogens with zero attached hydrogens (tertiary/aromatic N) is 3. The van der Waals surface area contributed by atoms with Crippen LogP contribution < -0.4 is 5.32 Å². The van der Waals surface area contributed by atoms with Crippen molar-refractivity contribution in [2.24, 2.45) is 0 Å². The van der Waals surface area contributed by atoms with Crippen molar-refractivity contribution in [2.75, 3.05) is 6.54 Å². The first-order valence-electron chi connectivity index (χ1n) is 5.78. The van der Waals surface area contributed by atoms with Gasteiger partial charge in [0.1, 0.15) is 0 Å². The van der Waals surface area contributed by atoms with Gasteiger partial charge in [0.25, 0.3) is 0 Å². The van der Waals surface area contributed by atoms with Crippen molar-refractivity contribution >= 4 is 27.5 Å². The van der Waals surface area contributed by atoms with Crippen LogP contribution in [0.4, 0.5) is 0 Å². The normalized spacial score (nSPS) is 10.8. The highest BCUT2D eigenvalue weighted by molar-refractivity contribution is 9.10. The number of hydrogen-bond acceptors (Lipinski definition) is 3. The van der Waals surface area contributed by atoms with Crippen LogP contribution in [0.1, 0.15) is 19.0 Å². The summed E-state index contributed by atoms with van der Waals surface area (Å²) in [5, 5.41) is 12.1. The van der Waals surface area contributed by atoms with Crippen LogP contribution in [0.25, 0.3) is 5.69 Å². The Balaban J connectivity index is 2.16. The lowest BCUT2D eigenvalue weighted by Gasteiger charge is -2.03. The maximum atomic E-state index is 6.14. The fourth-order valence-corrected chi connectivity index (χ4v) is 2.10. The van der Waals surface area contributed by atoms with Crippen molar-refractivity contribution < 1.29 is 0 Å². The van der Waals surface area contributed by atoms with Crippen molar-refractivity contribution in [3.05, 3.63) is 39.6 Å². The van der Waals surface area contributed by atoms with Crippen molar-refractivity contribution in [1.29, 1.82) is 0 Å². The Morgan fingerprint density at radius 1 is 1.44 bits per heavy atom. The minimum Gasteiger partial charge on any atom is -0.311 e. The second kappa shape index (κ2) is 6.31. The van der Waals surface area contributed by atoms with E-state index in [0.717, 1.165) is 35.4 Å². The predicted molar refractivity (Wildman–Crippen MR) is 76.1 cm³/mol. The summed E-state index contributed by atoms with van der Waals surface area (Å²) >= 11 is 9.56. The molecule has 2 rings (SSSR count). The van der Waals surface area contributed by atoms with E-state index < -0.39 is 0 Å². The van der Waals surface area contributed by atoms with E-state index in [9.17, 15) is 0 Å². The van der Waals surface area contributed by atoms with E-state index in [4.69, 9.17) is 11.6 Å². The van der Waals surface area contributed by atoms with Gasteiger partial charge in [0.2, 0.25) is 0 Å². The van der Waals surface area contributed by atoms with E-state index in [1.54, 1.807) is 4.68 Å². The van der Waals surface area contributed by atoms with Crippen LogP contribution in [0.3, 0.4) is 0 Å². The minimum absolute atomic E-state index is 0.649. The molecule has 1 heterocycles. The molecule has 0 bridgehead atoms. The van der Waals surface area contributed by atoms with Crippen molar-refractivity contribution in [3.8, 4) is 5.69 Å². The molecule has 0 aliphatic rings. The zero-order chi connectivity index (χ0) is 13.0. The summed E-state index contributed by atoms with van der Waals surface area (Å²) < 4.78 is 2.65. The SMILES string of the molecule is CCCNCc1cn(-c2cc(Br)ccc2Cl)nn1. The average molecular weight is 330 g/mol. The smallest absolute Gasteiger partial charge is 0.0969 e. The maximum absolute atomic E-state index is 6.14. The Morgan fingerprint density at radius 3 is 3.06 bits per heavy atom. The molecule has 0 atom stereocenters. The van der Waals surface area contributed by atoms with Gasteiger partial charge in [0, 0.05) is 11.0 Å². The summed E-state index contributed by atoms with van der Waals surface area (Å²) in [6.45, 7) is 3.83. The first-order chi connectivity index (χ1) is 8.70. The maximum Gasteiger partial charge on any atom is 0.0969 e. The molecular formula is C12H14BrClN4. The predicted octanol–water partition coefficient (Wildman–Crippen LogP) is 3.18. The van der Waals surface area contributed by atoms with Gasteiger partial charge in [-0.2, -0.15) is 0 Å². The molecule has 0 radical (unpaired) electrons. The van der Waals surface area contributed by atoms with E-state index in [1.165, 1.54) is 0 Å². The molecule has 0 amide bonds. The molecule has 18 heavy (non-hydrogen) atoms. The van der Waals surface area contributed by atoms with E-state index >= 15 is 0 Å². The number of hydrogen-bond donors (Lipinski definition) is 1. The minimum atomic E-state index is 0.649. The monoisotopic (exact) mass is 328 g/mol. The number of benzene rings is 1. The molecule has 0 fully saturated rings. The van der Waals surface area contributed by atoms with Gasteiger partial charge in [-0.1, -0.05) is 39.7 Å². The lowest BCUT2D eigenvalue weighted by molar-refractivity contribution is 0.662. The van der Waals surface area contributed by atoms with Gasteiger partial charge in [-0.25, -0.2) is 4.68 Å². The quantitative estimate of drug-likeness (QED) is 0.857. The summed E-state index contributed by atoms with van der Waals surface area (Å²) in [7, 11) is 0. The van der Waals surface area contributed by atoms with Gasteiger partial charge in [-0.05, 0) is 31.2 Å². The van der Waals surface area contributed by atoms with Crippen LogP contribution >= 0.6 is 27.5 Å². The first-order valence-corrected chi connectivity index (χ1v) is 6.95. The van der Waals surface area contributed by atoms with Crippen molar-refractivity contribution in [3.63, 3.8) is 0 Å². The lowest BCUT2D eigenvalue weighted by Crippen LogP contribution is -2.13. The summed E-state index contributed by atoms with van der Waals surface area (Å²) in [4.78, 5) is 0. The summed E-state index contributed by atoms with van der Waals surface area (Å²) in [5.74, 6) is 0. The number of halogens is 2. The van der Waals surface area contributed by atoms with Gasteiger partial charge < -0.3 is 5.32 Å². The molecule has 4 nitrogen and oxygen atoms in total. The molecular weight excluding hydrogens is 316 g/mol. The topological polar surface area (TPSA) is 42.7 Å². The molecule has 1 aromatic carbocycles. The standard InChI is InChI=1S/C12H14BrClN4/c1-2-5-15-7-10-8-18(17-16-10)12-6-9(13)3-4-11(12)14/h3-4,6,8,15H,2,5,7H2,1H3. The van der Waals surface area contributed by atoms with Gasteiger partial charge in [-0.15, -0.1) is 5.10 Å². The number of nitrogens with one attached hydrogen (secondary N) is 1. The van der Waals surface area contributed by atoms with Gasteiger partial charge in [0.15, 0.2) is 0 Å². The van der Waals surface area contributed by atoms with Gasteiger partial charge in [-0.3, -0.25) is 0 Å². The molecule has 0 aliphatic carbocycles. The highest BCUT2D eigenvalue weighted by Gasteiger charge is 2.07. The van der Waals surface area contributed by atoms with E-state index in [0.29, 0.717) is 5.02 Å². The Kier molecular flexibility index (Phi) is 4.74. The largest absolute Gasteiger partial charge is 0.311 e. The van der Waals surface area contributed by atoms with E-state index in [-0.39, 0.29) is 0 Å². The highest BCUT2D eigenvalue weighted by Crippen LogP contribution is 2.23. The average Bonchev–Trinajstić information content (AvgIpc) is 2.81. The fraction of sp³-hybridized carbons (Fsp3) is 0.333. The van der Waals surface area contributed by atoms with Crippen molar-refractivity contribution in [2.45, 2.75) is 19.9 Å². The summed E-state index contributed by atoms with van der Waals surface area (Å²) in [6, 6.07) is 5.64. The fourth-order valence-electron chi connectivity index (χ4n) is 1.55. The van der Waals surface area contributed by atoms with Crippen LogP contribution in [0.2, 0.25) is 5.02 Å². The molecule has 0 unspecified atom stereocenters. The zero-order valence-corrected chi connectivity index (χ0v) is 12.4. The molecule has 2 aromatic rings. The Labute approximate surface area is 119 Å². The van der Waals surface area contributed by atoms with E-state index in [1.807, 2.05) is 24.4 Å². The van der Waals surface area contributed by atoms with E-state index in [2.05, 4.69) is 38.5 Å². The van der Waals surface area contributed by atoms with Crippen LogP contribution in [0.15, 0.2) is 28.9 Å². The highest BCUT2D eigenvalue weighted by atomic mass is 79.9. The third kappa shape index (κ3) is 3.31. The second-order valence-electron chi connectivity index (χ2n) is 3.93. The summed E-state index contributed by atoms with van der Waals surface area (Å²) in [6.07, 6.45) is 2.99. The van der Waals surface area contributed by atoms with Crippen LogP contribution in [0, 0.1) is 0 Å². The Morgan fingerprint density at radius 2 is 2.28 bits per heavy atom. The molecule has 1 N–H and O–H groups in total. The molecule has 0 spiro atoms. The van der Waals surface area contributed by atoms with Gasteiger partial charge in [0.05, 0.1) is 22.6 Å². The third-order valence-electron chi connectivity index (χ3n) is 2.43. The summed E-state index contributed by atoms with van der Waals surface area (Å²) in [5.41, 5.74) is 1.72. The van der Waals surface area contributed by atoms with Gasteiger partial charge >= 0.3 is 0 Å². The van der Waals surface area contributed by atoms with Crippen molar-refractivity contribution in [1.82, 2.24) is 20.3 Å². The second-order valence-corrected chi connectivity index (χ2v) is 5.25. The molecule has 6 heteroatoms. The van der Waals surface area contributed by atoms with Crippen LogP contribution in [-0.2, 0) is 6.54 Å². The third-order valence-corrected chi connectivity index (χ3v) is 3.24. The van der Waals surface area contributed by atoms with Crippen LogP contribution in [0.5, 0.6) is 0 Å². The zero-order valence-electron chi connectivity index (χ0n) is 10.0.